The molecule has 2 aliphatic rings. The van der Waals surface area contributed by atoms with Crippen LogP contribution >= 0.6 is 0 Å². The van der Waals surface area contributed by atoms with Crippen LogP contribution in [-0.2, 0) is 16.0 Å². The van der Waals surface area contributed by atoms with Crippen LogP contribution < -0.4 is 0 Å². The van der Waals surface area contributed by atoms with E-state index in [1.54, 1.807) is 17.3 Å². The second-order valence-corrected chi connectivity index (χ2v) is 6.77. The minimum Gasteiger partial charge on any atom is -0.391 e. The molecule has 6 nitrogen and oxygen atoms in total. The highest BCUT2D eigenvalue weighted by Gasteiger charge is 2.33. The number of carbonyl (C=O) groups is 2. The SMILES string of the molecule is O=C1CCCN1CCCC(=O)N1CC(O)C(Cc2ccncc2)C1. The fourth-order valence-electron chi connectivity index (χ4n) is 3.60. The fraction of sp³-hybridized carbons (Fsp3) is 0.611. The first-order chi connectivity index (χ1) is 11.6. The van der Waals surface area contributed by atoms with E-state index in [0.717, 1.165) is 24.9 Å². The molecule has 0 saturated carbocycles. The van der Waals surface area contributed by atoms with E-state index in [1.807, 2.05) is 17.0 Å². The maximum absolute atomic E-state index is 12.3. The topological polar surface area (TPSA) is 73.7 Å². The largest absolute Gasteiger partial charge is 0.391 e. The number of pyridine rings is 1. The summed E-state index contributed by atoms with van der Waals surface area (Å²) in [5.74, 6) is 0.367. The highest BCUT2D eigenvalue weighted by molar-refractivity contribution is 5.78. The molecule has 0 aliphatic carbocycles. The number of nitrogens with zero attached hydrogens (tertiary/aromatic N) is 3. The van der Waals surface area contributed by atoms with Crippen molar-refractivity contribution in [3.05, 3.63) is 30.1 Å². The van der Waals surface area contributed by atoms with E-state index in [0.29, 0.717) is 38.9 Å². The molecule has 2 fully saturated rings. The van der Waals surface area contributed by atoms with Gasteiger partial charge in [-0.15, -0.1) is 0 Å². The number of aliphatic hydroxyl groups is 1. The predicted octanol–water partition coefficient (Wildman–Crippen LogP) is 0.846. The summed E-state index contributed by atoms with van der Waals surface area (Å²) in [6.45, 7) is 2.51. The molecule has 2 saturated heterocycles. The third-order valence-corrected chi connectivity index (χ3v) is 5.00. The molecule has 130 valence electrons. The lowest BCUT2D eigenvalue weighted by Crippen LogP contribution is -2.31. The summed E-state index contributed by atoms with van der Waals surface area (Å²) >= 11 is 0. The third-order valence-electron chi connectivity index (χ3n) is 5.00. The summed E-state index contributed by atoms with van der Waals surface area (Å²) in [5.41, 5.74) is 1.14. The second-order valence-electron chi connectivity index (χ2n) is 6.77. The summed E-state index contributed by atoms with van der Waals surface area (Å²) < 4.78 is 0. The standard InChI is InChI=1S/C18H25N3O3/c22-16-13-21(12-15(16)11-14-5-7-19-8-6-14)18(24)4-2-10-20-9-1-3-17(20)23/h5-8,15-16,22H,1-4,9-13H2. The molecule has 24 heavy (non-hydrogen) atoms. The van der Waals surface area contributed by atoms with Crippen molar-refractivity contribution in [3.63, 3.8) is 0 Å². The molecule has 0 aromatic carbocycles. The van der Waals surface area contributed by atoms with Crippen molar-refractivity contribution in [2.24, 2.45) is 5.92 Å². The number of rotatable bonds is 6. The number of β-amino-alcohol motifs (C(OH)–C–C–N with tert-alkyl or cyclic N) is 1. The Morgan fingerprint density at radius 3 is 2.79 bits per heavy atom. The number of hydrogen-bond donors (Lipinski definition) is 1. The molecular weight excluding hydrogens is 306 g/mol. The number of likely N-dealkylation sites (tertiary alicyclic amines) is 2. The minimum absolute atomic E-state index is 0.0801. The van der Waals surface area contributed by atoms with E-state index in [2.05, 4.69) is 4.98 Å². The van der Waals surface area contributed by atoms with Crippen molar-refractivity contribution < 1.29 is 14.7 Å². The van der Waals surface area contributed by atoms with Crippen molar-refractivity contribution in [2.45, 2.75) is 38.2 Å². The Morgan fingerprint density at radius 2 is 2.08 bits per heavy atom. The van der Waals surface area contributed by atoms with Crippen LogP contribution in [-0.4, -0.2) is 64.0 Å². The van der Waals surface area contributed by atoms with Crippen molar-refractivity contribution in [1.29, 1.82) is 0 Å². The van der Waals surface area contributed by atoms with Gasteiger partial charge in [0.25, 0.3) is 0 Å². The monoisotopic (exact) mass is 331 g/mol. The lowest BCUT2D eigenvalue weighted by atomic mass is 9.97. The van der Waals surface area contributed by atoms with Crippen molar-refractivity contribution >= 4 is 11.8 Å². The van der Waals surface area contributed by atoms with E-state index in [1.165, 1.54) is 0 Å². The smallest absolute Gasteiger partial charge is 0.222 e. The third kappa shape index (κ3) is 4.12. The van der Waals surface area contributed by atoms with Gasteiger partial charge in [-0.3, -0.25) is 14.6 Å². The first kappa shape index (κ1) is 16.9. The molecule has 3 rings (SSSR count). The van der Waals surface area contributed by atoms with Crippen LogP contribution in [0.5, 0.6) is 0 Å². The number of aliphatic hydroxyl groups excluding tert-OH is 1. The van der Waals surface area contributed by atoms with E-state index in [9.17, 15) is 14.7 Å². The summed E-state index contributed by atoms with van der Waals surface area (Å²) in [6.07, 6.45) is 6.51. The Kier molecular flexibility index (Phi) is 5.45. The van der Waals surface area contributed by atoms with Crippen LogP contribution in [0.3, 0.4) is 0 Å². The molecule has 0 radical (unpaired) electrons. The molecule has 3 heterocycles. The zero-order valence-corrected chi connectivity index (χ0v) is 13.9. The van der Waals surface area contributed by atoms with Crippen LogP contribution in [0, 0.1) is 5.92 Å². The average molecular weight is 331 g/mol. The Morgan fingerprint density at radius 1 is 1.29 bits per heavy atom. The maximum Gasteiger partial charge on any atom is 0.222 e. The van der Waals surface area contributed by atoms with Gasteiger partial charge in [-0.1, -0.05) is 0 Å². The van der Waals surface area contributed by atoms with Crippen LogP contribution in [0.2, 0.25) is 0 Å². The molecule has 1 aromatic rings. The first-order valence-electron chi connectivity index (χ1n) is 8.76. The molecular formula is C18H25N3O3. The maximum atomic E-state index is 12.3. The Hall–Kier alpha value is -1.95. The summed E-state index contributed by atoms with van der Waals surface area (Å²) in [7, 11) is 0. The van der Waals surface area contributed by atoms with Crippen molar-refractivity contribution in [1.82, 2.24) is 14.8 Å². The van der Waals surface area contributed by atoms with Gasteiger partial charge in [0.2, 0.25) is 11.8 Å². The van der Waals surface area contributed by atoms with E-state index < -0.39 is 6.10 Å². The molecule has 2 amide bonds. The van der Waals surface area contributed by atoms with E-state index in [4.69, 9.17) is 0 Å². The van der Waals surface area contributed by atoms with Gasteiger partial charge in [0.05, 0.1) is 6.10 Å². The highest BCUT2D eigenvalue weighted by Crippen LogP contribution is 2.22. The number of amides is 2. The zero-order valence-electron chi connectivity index (χ0n) is 13.9. The second kappa shape index (κ2) is 7.75. The number of aromatic nitrogens is 1. The van der Waals surface area contributed by atoms with Crippen molar-refractivity contribution in [2.75, 3.05) is 26.2 Å². The lowest BCUT2D eigenvalue weighted by molar-refractivity contribution is -0.132. The molecule has 1 aromatic heterocycles. The van der Waals surface area contributed by atoms with Gasteiger partial charge in [-0.25, -0.2) is 0 Å². The normalized spacial score (nSPS) is 24.0. The van der Waals surface area contributed by atoms with Crippen LogP contribution in [0.4, 0.5) is 0 Å². The van der Waals surface area contributed by atoms with Gasteiger partial charge in [0.15, 0.2) is 0 Å². The van der Waals surface area contributed by atoms with E-state index >= 15 is 0 Å². The first-order valence-corrected chi connectivity index (χ1v) is 8.76. The van der Waals surface area contributed by atoms with Gasteiger partial charge in [0, 0.05) is 57.3 Å². The number of carbonyl (C=O) groups excluding carboxylic acids is 2. The Bertz CT molecular complexity index is 578. The fourth-order valence-corrected chi connectivity index (χ4v) is 3.60. The summed E-state index contributed by atoms with van der Waals surface area (Å²) in [5, 5.41) is 10.2. The molecule has 2 atom stereocenters. The van der Waals surface area contributed by atoms with Crippen LogP contribution in [0.15, 0.2) is 24.5 Å². The summed E-state index contributed by atoms with van der Waals surface area (Å²) in [4.78, 5) is 31.5. The number of hydrogen-bond acceptors (Lipinski definition) is 4. The molecule has 0 bridgehead atoms. The van der Waals surface area contributed by atoms with Gasteiger partial charge >= 0.3 is 0 Å². The minimum atomic E-state index is -0.470. The molecule has 0 spiro atoms. The van der Waals surface area contributed by atoms with Gasteiger partial charge in [0.1, 0.15) is 0 Å². The van der Waals surface area contributed by atoms with Crippen LogP contribution in [0.25, 0.3) is 0 Å². The molecule has 2 unspecified atom stereocenters. The average Bonchev–Trinajstić information content (AvgIpc) is 3.15. The lowest BCUT2D eigenvalue weighted by Gasteiger charge is -2.18. The van der Waals surface area contributed by atoms with Crippen LogP contribution in [0.1, 0.15) is 31.2 Å². The van der Waals surface area contributed by atoms with Gasteiger partial charge < -0.3 is 14.9 Å². The Labute approximate surface area is 142 Å². The zero-order chi connectivity index (χ0) is 16.9. The van der Waals surface area contributed by atoms with Gasteiger partial charge in [-0.2, -0.15) is 0 Å². The molecule has 6 heteroatoms. The molecule has 1 N–H and O–H groups in total. The summed E-state index contributed by atoms with van der Waals surface area (Å²) in [6, 6.07) is 3.90. The van der Waals surface area contributed by atoms with Gasteiger partial charge in [-0.05, 0) is 37.0 Å². The molecule has 2 aliphatic heterocycles. The Balaban J connectivity index is 1.43. The predicted molar refractivity (Wildman–Crippen MR) is 89.1 cm³/mol. The highest BCUT2D eigenvalue weighted by atomic mass is 16.3. The quantitative estimate of drug-likeness (QED) is 0.838. The van der Waals surface area contributed by atoms with Crippen molar-refractivity contribution in [3.8, 4) is 0 Å². The van der Waals surface area contributed by atoms with E-state index in [-0.39, 0.29) is 17.7 Å².